The highest BCUT2D eigenvalue weighted by atomic mass is 16.5. The van der Waals surface area contributed by atoms with Crippen molar-refractivity contribution in [1.82, 2.24) is 0 Å². The van der Waals surface area contributed by atoms with Crippen molar-refractivity contribution in [1.29, 1.82) is 0 Å². The van der Waals surface area contributed by atoms with Crippen LogP contribution in [0.25, 0.3) is 6.08 Å². The van der Waals surface area contributed by atoms with Crippen molar-refractivity contribution in [3.05, 3.63) is 101 Å². The third-order valence-electron chi connectivity index (χ3n) is 7.85. The Hall–Kier alpha value is -3.99. The fourth-order valence-electron chi connectivity index (χ4n) is 6.41. The van der Waals surface area contributed by atoms with Crippen LogP contribution in [0.15, 0.2) is 72.8 Å². The lowest BCUT2D eigenvalue weighted by molar-refractivity contribution is -0.118. The van der Waals surface area contributed by atoms with Crippen molar-refractivity contribution in [3.63, 3.8) is 0 Å². The van der Waals surface area contributed by atoms with Crippen LogP contribution >= 0.6 is 0 Å². The van der Waals surface area contributed by atoms with Gasteiger partial charge in [-0.1, -0.05) is 60.7 Å². The van der Waals surface area contributed by atoms with Gasteiger partial charge in [0.2, 0.25) is 0 Å². The number of ether oxygens (including phenoxy) is 1. The number of aryl methyl sites for hydroxylation is 1. The lowest BCUT2D eigenvalue weighted by Gasteiger charge is -2.37. The summed E-state index contributed by atoms with van der Waals surface area (Å²) in [5, 5.41) is 0. The summed E-state index contributed by atoms with van der Waals surface area (Å²) in [7, 11) is 1.59. The molecule has 1 spiro atoms. The predicted molar refractivity (Wildman–Crippen MR) is 134 cm³/mol. The van der Waals surface area contributed by atoms with Gasteiger partial charge >= 0.3 is 0 Å². The average molecular weight is 464 g/mol. The lowest BCUT2D eigenvalue weighted by Crippen LogP contribution is -2.48. The Kier molecular flexibility index (Phi) is 4.62. The van der Waals surface area contributed by atoms with Crippen LogP contribution in [0.5, 0.6) is 5.75 Å². The zero-order valence-electron chi connectivity index (χ0n) is 19.8. The standard InChI is InChI=1S/C30H25NO4/c1-17-8-9-19-12-15-25-30(28(33)22-6-4-5-7-23(22)29(30)34)26(20-10-13-21(35-3)14-11-20)27(18(2)32)31(25)24(19)16-17/h4-16,25-27H,1-3H3. The highest BCUT2D eigenvalue weighted by molar-refractivity contribution is 6.32. The number of carbonyl (C=O) groups is 3. The van der Waals surface area contributed by atoms with E-state index in [4.69, 9.17) is 4.74 Å². The van der Waals surface area contributed by atoms with E-state index in [1.807, 2.05) is 66.4 Å². The molecular weight excluding hydrogens is 438 g/mol. The largest absolute Gasteiger partial charge is 0.497 e. The van der Waals surface area contributed by atoms with Gasteiger partial charge in [0.05, 0.1) is 19.2 Å². The summed E-state index contributed by atoms with van der Waals surface area (Å²) >= 11 is 0. The van der Waals surface area contributed by atoms with Crippen molar-refractivity contribution >= 4 is 29.1 Å². The van der Waals surface area contributed by atoms with E-state index in [2.05, 4.69) is 0 Å². The molecule has 35 heavy (non-hydrogen) atoms. The molecule has 3 aliphatic rings. The minimum absolute atomic E-state index is 0.0768. The Bertz CT molecular complexity index is 1400. The second kappa shape index (κ2) is 7.51. The van der Waals surface area contributed by atoms with Crippen molar-refractivity contribution < 1.29 is 19.1 Å². The molecule has 0 radical (unpaired) electrons. The maximum atomic E-state index is 14.3. The van der Waals surface area contributed by atoms with Crippen LogP contribution in [-0.2, 0) is 4.79 Å². The summed E-state index contributed by atoms with van der Waals surface area (Å²) in [5.41, 5.74) is 3.11. The fraction of sp³-hybridized carbons (Fsp3) is 0.233. The van der Waals surface area contributed by atoms with Gasteiger partial charge in [-0.2, -0.15) is 0 Å². The molecule has 3 aromatic rings. The number of nitrogens with zero attached hydrogens (tertiary/aromatic N) is 1. The van der Waals surface area contributed by atoms with Crippen LogP contribution in [0.3, 0.4) is 0 Å². The van der Waals surface area contributed by atoms with Gasteiger partial charge in [0.1, 0.15) is 11.2 Å². The number of hydrogen-bond donors (Lipinski definition) is 0. The third-order valence-corrected chi connectivity index (χ3v) is 7.85. The normalized spacial score (nSPS) is 23.3. The molecule has 1 aliphatic carbocycles. The molecule has 0 aromatic heterocycles. The highest BCUT2D eigenvalue weighted by Gasteiger charge is 2.71. The minimum atomic E-state index is -1.44. The SMILES string of the molecule is COc1ccc(C2C(C(C)=O)N3c4cc(C)ccc4C=CC3C23C(=O)c2ccccc2C3=O)cc1. The van der Waals surface area contributed by atoms with Crippen molar-refractivity contribution in [2.24, 2.45) is 5.41 Å². The number of carbonyl (C=O) groups excluding carboxylic acids is 3. The van der Waals surface area contributed by atoms with Gasteiger partial charge < -0.3 is 9.64 Å². The first-order valence-corrected chi connectivity index (χ1v) is 11.8. The van der Waals surface area contributed by atoms with Crippen molar-refractivity contribution in [2.75, 3.05) is 12.0 Å². The molecule has 2 heterocycles. The maximum Gasteiger partial charge on any atom is 0.180 e. The van der Waals surface area contributed by atoms with Gasteiger partial charge in [0.25, 0.3) is 0 Å². The number of fused-ring (bicyclic) bond motifs is 5. The van der Waals surface area contributed by atoms with E-state index in [9.17, 15) is 14.4 Å². The van der Waals surface area contributed by atoms with E-state index < -0.39 is 23.4 Å². The molecule has 3 unspecified atom stereocenters. The van der Waals surface area contributed by atoms with E-state index in [1.54, 1.807) is 38.3 Å². The van der Waals surface area contributed by atoms with E-state index in [-0.39, 0.29) is 17.3 Å². The number of rotatable bonds is 3. The van der Waals surface area contributed by atoms with Gasteiger partial charge in [0, 0.05) is 22.7 Å². The molecule has 0 bridgehead atoms. The number of hydrogen-bond acceptors (Lipinski definition) is 5. The third kappa shape index (κ3) is 2.72. The number of anilines is 1. The molecule has 5 nitrogen and oxygen atoms in total. The van der Waals surface area contributed by atoms with Crippen LogP contribution < -0.4 is 9.64 Å². The Balaban J connectivity index is 1.67. The van der Waals surface area contributed by atoms with Crippen LogP contribution in [0.2, 0.25) is 0 Å². The second-order valence-electron chi connectivity index (χ2n) is 9.65. The van der Waals surface area contributed by atoms with Crippen LogP contribution in [-0.4, -0.2) is 36.5 Å². The Morgan fingerprint density at radius 3 is 2.20 bits per heavy atom. The monoisotopic (exact) mass is 463 g/mol. The van der Waals surface area contributed by atoms with Crippen LogP contribution in [0, 0.1) is 12.3 Å². The number of ketones is 3. The summed E-state index contributed by atoms with van der Waals surface area (Å²) in [4.78, 5) is 44.1. The first kappa shape index (κ1) is 21.5. The zero-order chi connectivity index (χ0) is 24.5. The van der Waals surface area contributed by atoms with Crippen molar-refractivity contribution in [3.8, 4) is 5.75 Å². The predicted octanol–water partition coefficient (Wildman–Crippen LogP) is 5.03. The fourth-order valence-corrected chi connectivity index (χ4v) is 6.41. The molecule has 1 fully saturated rings. The topological polar surface area (TPSA) is 63.7 Å². The van der Waals surface area contributed by atoms with E-state index in [1.165, 1.54) is 0 Å². The highest BCUT2D eigenvalue weighted by Crippen LogP contribution is 2.60. The molecule has 5 heteroatoms. The van der Waals surface area contributed by atoms with E-state index in [0.717, 1.165) is 22.4 Å². The van der Waals surface area contributed by atoms with Gasteiger partial charge in [-0.3, -0.25) is 14.4 Å². The lowest BCUT2D eigenvalue weighted by atomic mass is 9.64. The molecule has 3 aromatic carbocycles. The molecule has 0 saturated carbocycles. The molecule has 3 atom stereocenters. The molecule has 1 saturated heterocycles. The Morgan fingerprint density at radius 1 is 0.943 bits per heavy atom. The van der Waals surface area contributed by atoms with Crippen molar-refractivity contribution in [2.45, 2.75) is 31.8 Å². The molecule has 2 aliphatic heterocycles. The maximum absolute atomic E-state index is 14.3. The Morgan fingerprint density at radius 2 is 1.60 bits per heavy atom. The number of Topliss-reactive ketones (excluding diaryl/α,β-unsaturated/α-hetero) is 3. The number of methoxy groups -OCH3 is 1. The van der Waals surface area contributed by atoms with Gasteiger partial charge in [-0.15, -0.1) is 0 Å². The molecule has 0 amide bonds. The quantitative estimate of drug-likeness (QED) is 0.510. The van der Waals surface area contributed by atoms with Crippen LogP contribution in [0.1, 0.15) is 50.2 Å². The molecule has 0 N–H and O–H groups in total. The summed E-state index contributed by atoms with van der Waals surface area (Å²) in [5.74, 6) is -0.477. The summed E-state index contributed by atoms with van der Waals surface area (Å²) < 4.78 is 5.35. The smallest absolute Gasteiger partial charge is 0.180 e. The second-order valence-corrected chi connectivity index (χ2v) is 9.65. The minimum Gasteiger partial charge on any atom is -0.497 e. The molecule has 6 rings (SSSR count). The van der Waals surface area contributed by atoms with Gasteiger partial charge in [0.15, 0.2) is 17.3 Å². The Labute approximate surface area is 204 Å². The molecule has 174 valence electrons. The summed E-state index contributed by atoms with van der Waals surface area (Å²) in [6, 6.07) is 19.3. The zero-order valence-corrected chi connectivity index (χ0v) is 19.8. The van der Waals surface area contributed by atoms with E-state index >= 15 is 0 Å². The summed E-state index contributed by atoms with van der Waals surface area (Å²) in [6.07, 6.45) is 3.92. The first-order valence-electron chi connectivity index (χ1n) is 11.8. The average Bonchev–Trinajstić information content (AvgIpc) is 3.31. The van der Waals surface area contributed by atoms with Gasteiger partial charge in [-0.25, -0.2) is 0 Å². The van der Waals surface area contributed by atoms with Gasteiger partial charge in [-0.05, 0) is 48.7 Å². The number of benzene rings is 3. The van der Waals surface area contributed by atoms with E-state index in [0.29, 0.717) is 16.9 Å². The first-order chi connectivity index (χ1) is 16.9. The van der Waals surface area contributed by atoms with Crippen LogP contribution in [0.4, 0.5) is 5.69 Å². The summed E-state index contributed by atoms with van der Waals surface area (Å²) in [6.45, 7) is 3.56. The molecular formula is C30H25NO4.